The number of primary amides is 1. The van der Waals surface area contributed by atoms with Gasteiger partial charge in [-0.05, 0) is 51.1 Å². The topological polar surface area (TPSA) is 178 Å². The normalized spacial score (nSPS) is 21.1. The highest BCUT2D eigenvalue weighted by molar-refractivity contribution is 5.85. The number of carbonyl (C=O) groups is 2. The molecule has 4 N–H and O–H groups in total. The molecule has 0 saturated carbocycles. The largest absolute Gasteiger partial charge is 0.450 e. The Kier molecular flexibility index (Phi) is 7.38. The van der Waals surface area contributed by atoms with E-state index >= 15 is 0 Å². The molecular formula is C25H26FN7O5. The van der Waals surface area contributed by atoms with E-state index in [0.717, 1.165) is 0 Å². The van der Waals surface area contributed by atoms with E-state index in [0.29, 0.717) is 28.6 Å². The van der Waals surface area contributed by atoms with Gasteiger partial charge in [0.1, 0.15) is 17.3 Å². The zero-order chi connectivity index (χ0) is 27.5. The van der Waals surface area contributed by atoms with Crippen molar-refractivity contribution in [1.29, 1.82) is 5.26 Å². The van der Waals surface area contributed by atoms with E-state index in [1.54, 1.807) is 18.3 Å². The number of anilines is 1. The minimum absolute atomic E-state index is 0.0653. The van der Waals surface area contributed by atoms with Gasteiger partial charge in [-0.1, -0.05) is 0 Å². The second kappa shape index (κ2) is 10.5. The van der Waals surface area contributed by atoms with E-state index in [-0.39, 0.29) is 25.1 Å². The van der Waals surface area contributed by atoms with Crippen molar-refractivity contribution in [3.8, 4) is 28.7 Å². The zero-order valence-electron chi connectivity index (χ0n) is 20.9. The number of benzene rings is 1. The highest BCUT2D eigenvalue weighted by Gasteiger charge is 2.54. The minimum atomic E-state index is -2.17. The first kappa shape index (κ1) is 26.6. The van der Waals surface area contributed by atoms with Gasteiger partial charge in [-0.25, -0.2) is 19.3 Å². The van der Waals surface area contributed by atoms with Gasteiger partial charge in [-0.15, -0.1) is 0 Å². The SMILES string of the molecule is CC(C)Nc1nccc(-c2[nH]c(C3(C(N)=O)OCC(C)(C(=O)OCC#N)CO3)nc2-c2ccc(F)cc2)n1. The molecule has 0 spiro atoms. The number of aromatic nitrogens is 4. The molecule has 13 heteroatoms. The molecule has 0 aliphatic carbocycles. The average Bonchev–Trinajstić information content (AvgIpc) is 3.34. The van der Waals surface area contributed by atoms with Crippen LogP contribution < -0.4 is 11.1 Å². The molecule has 0 radical (unpaired) electrons. The fraction of sp³-hybridized carbons (Fsp3) is 0.360. The van der Waals surface area contributed by atoms with Crippen LogP contribution in [0.1, 0.15) is 26.6 Å². The lowest BCUT2D eigenvalue weighted by molar-refractivity contribution is -0.293. The Labute approximate surface area is 217 Å². The number of H-pyrrole nitrogens is 1. The van der Waals surface area contributed by atoms with Crippen LogP contribution in [-0.4, -0.2) is 57.7 Å². The zero-order valence-corrected chi connectivity index (χ0v) is 20.9. The van der Waals surface area contributed by atoms with Crippen LogP contribution in [0.2, 0.25) is 0 Å². The molecule has 1 aliphatic rings. The van der Waals surface area contributed by atoms with E-state index in [1.807, 2.05) is 13.8 Å². The summed E-state index contributed by atoms with van der Waals surface area (Å²) in [6, 6.07) is 9.01. The average molecular weight is 524 g/mol. The second-order valence-corrected chi connectivity index (χ2v) is 9.23. The van der Waals surface area contributed by atoms with Crippen molar-refractivity contribution in [2.45, 2.75) is 32.6 Å². The number of hydrogen-bond acceptors (Lipinski definition) is 10. The third-order valence-corrected chi connectivity index (χ3v) is 5.74. The molecule has 0 bridgehead atoms. The van der Waals surface area contributed by atoms with E-state index in [4.69, 9.17) is 25.2 Å². The summed E-state index contributed by atoms with van der Waals surface area (Å²) in [4.78, 5) is 41.5. The van der Waals surface area contributed by atoms with Crippen LogP contribution in [0, 0.1) is 22.6 Å². The summed E-state index contributed by atoms with van der Waals surface area (Å²) in [6.07, 6.45) is 1.55. The van der Waals surface area contributed by atoms with Gasteiger partial charge in [0.2, 0.25) is 5.95 Å². The lowest BCUT2D eigenvalue weighted by atomic mass is 9.91. The van der Waals surface area contributed by atoms with Gasteiger partial charge in [0.05, 0.1) is 30.3 Å². The van der Waals surface area contributed by atoms with Crippen LogP contribution in [0.5, 0.6) is 0 Å². The lowest BCUT2D eigenvalue weighted by Gasteiger charge is -2.40. The smallest absolute Gasteiger partial charge is 0.317 e. The van der Waals surface area contributed by atoms with Crippen molar-refractivity contribution in [3.63, 3.8) is 0 Å². The molecule has 1 saturated heterocycles. The summed E-state index contributed by atoms with van der Waals surface area (Å²) in [5, 5.41) is 11.8. The van der Waals surface area contributed by atoms with Crippen molar-refractivity contribution >= 4 is 17.8 Å². The Morgan fingerprint density at radius 1 is 1.24 bits per heavy atom. The molecule has 1 aromatic carbocycles. The quantitative estimate of drug-likeness (QED) is 0.371. The summed E-state index contributed by atoms with van der Waals surface area (Å²) in [5.41, 5.74) is 6.05. The third-order valence-electron chi connectivity index (χ3n) is 5.74. The molecule has 38 heavy (non-hydrogen) atoms. The van der Waals surface area contributed by atoms with Crippen molar-refractivity contribution in [1.82, 2.24) is 19.9 Å². The highest BCUT2D eigenvalue weighted by Crippen LogP contribution is 2.39. The maximum absolute atomic E-state index is 13.7. The number of nitrogens with zero attached hydrogens (tertiary/aromatic N) is 4. The number of halogens is 1. The molecule has 12 nitrogen and oxygen atoms in total. The summed E-state index contributed by atoms with van der Waals surface area (Å²) < 4.78 is 30.1. The molecule has 198 valence electrons. The molecule has 0 atom stereocenters. The van der Waals surface area contributed by atoms with Gasteiger partial charge >= 0.3 is 11.8 Å². The Morgan fingerprint density at radius 3 is 2.53 bits per heavy atom. The number of aromatic amines is 1. The van der Waals surface area contributed by atoms with Gasteiger partial charge in [-0.2, -0.15) is 5.26 Å². The second-order valence-electron chi connectivity index (χ2n) is 9.23. The van der Waals surface area contributed by atoms with Gasteiger partial charge in [0.25, 0.3) is 5.91 Å². The lowest BCUT2D eigenvalue weighted by Crippen LogP contribution is -2.56. The number of ether oxygens (including phenoxy) is 3. The predicted octanol–water partition coefficient (Wildman–Crippen LogP) is 2.25. The molecule has 3 heterocycles. The standard InChI is InChI=1S/C25H26FN7O5/c1-14(2)30-23-29-10-8-17(31-23)19-18(15-4-6-16(26)7-5-15)32-21(33-19)25(20(28)34)37-12-24(3,13-38-25)22(35)36-11-9-27/h4-8,10,14H,11-13H2,1-3H3,(H2,28,34)(H,32,33)(H,29,30,31). The minimum Gasteiger partial charge on any atom is -0.450 e. The van der Waals surface area contributed by atoms with Crippen molar-refractivity contribution in [2.24, 2.45) is 11.1 Å². The number of hydrogen-bond donors (Lipinski definition) is 3. The molecule has 1 aliphatic heterocycles. The van der Waals surface area contributed by atoms with Gasteiger partial charge < -0.3 is 30.2 Å². The summed E-state index contributed by atoms with van der Waals surface area (Å²) in [5.74, 6) is -4.08. The van der Waals surface area contributed by atoms with E-state index < -0.39 is 35.5 Å². The highest BCUT2D eigenvalue weighted by atomic mass is 19.1. The first-order valence-electron chi connectivity index (χ1n) is 11.7. The van der Waals surface area contributed by atoms with Crippen LogP contribution in [0.25, 0.3) is 22.6 Å². The molecular weight excluding hydrogens is 497 g/mol. The number of nitrogens with one attached hydrogen (secondary N) is 2. The fourth-order valence-electron chi connectivity index (χ4n) is 3.75. The fourth-order valence-corrected chi connectivity index (χ4v) is 3.75. The van der Waals surface area contributed by atoms with E-state index in [9.17, 15) is 14.0 Å². The number of imidazole rings is 1. The first-order chi connectivity index (χ1) is 18.1. The maximum Gasteiger partial charge on any atom is 0.317 e. The molecule has 1 fully saturated rings. The Balaban J connectivity index is 1.78. The summed E-state index contributed by atoms with van der Waals surface area (Å²) in [6.45, 7) is 4.33. The third kappa shape index (κ3) is 5.17. The maximum atomic E-state index is 13.7. The molecule has 1 amide bonds. The Bertz CT molecular complexity index is 1380. The number of esters is 1. The first-order valence-corrected chi connectivity index (χ1v) is 11.7. The van der Waals surface area contributed by atoms with Gasteiger partial charge in [0, 0.05) is 17.8 Å². The number of carbonyl (C=O) groups excluding carboxylic acids is 2. The van der Waals surface area contributed by atoms with Crippen LogP contribution in [-0.2, 0) is 29.6 Å². The molecule has 4 rings (SSSR count). The van der Waals surface area contributed by atoms with Crippen molar-refractivity contribution < 1.29 is 28.2 Å². The van der Waals surface area contributed by atoms with Crippen molar-refractivity contribution in [3.05, 3.63) is 48.2 Å². The van der Waals surface area contributed by atoms with E-state index in [2.05, 4.69) is 25.3 Å². The molecule has 3 aromatic rings. The van der Waals surface area contributed by atoms with Crippen LogP contribution >= 0.6 is 0 Å². The number of amides is 1. The Hall–Kier alpha value is -4.41. The number of rotatable bonds is 8. The number of nitriles is 1. The van der Waals surface area contributed by atoms with Gasteiger partial charge in [0.15, 0.2) is 12.4 Å². The molecule has 0 unspecified atom stereocenters. The Morgan fingerprint density at radius 2 is 1.92 bits per heavy atom. The predicted molar refractivity (Wildman–Crippen MR) is 131 cm³/mol. The van der Waals surface area contributed by atoms with Crippen LogP contribution in [0.3, 0.4) is 0 Å². The number of nitrogens with two attached hydrogens (primary N) is 1. The van der Waals surface area contributed by atoms with Crippen molar-refractivity contribution in [2.75, 3.05) is 25.1 Å². The summed E-state index contributed by atoms with van der Waals surface area (Å²) in [7, 11) is 0. The summed E-state index contributed by atoms with van der Waals surface area (Å²) >= 11 is 0. The van der Waals surface area contributed by atoms with Crippen LogP contribution in [0.4, 0.5) is 10.3 Å². The molecule has 2 aromatic heterocycles. The monoisotopic (exact) mass is 523 g/mol. The van der Waals surface area contributed by atoms with Gasteiger partial charge in [-0.3, -0.25) is 9.59 Å². The van der Waals surface area contributed by atoms with Crippen LogP contribution in [0.15, 0.2) is 36.5 Å². The van der Waals surface area contributed by atoms with E-state index in [1.165, 1.54) is 31.2 Å².